The molecule has 0 bridgehead atoms. The second-order valence-electron chi connectivity index (χ2n) is 11.4. The standard InChI is InChI=1S/C41H32N4/c1-27-9-4-5-13-37(27)38(21-29(3)45-41-28(2)10-6-20-44-41)36-25-34(30-14-16-39-32(22-30)11-7-18-42-39)24-35(26-36)31-15-17-40-33(23-31)12-8-19-43-40/h4-26H,1-3H3/b38-21-,45-29+. The third-order valence-corrected chi connectivity index (χ3v) is 8.17. The summed E-state index contributed by atoms with van der Waals surface area (Å²) in [5.41, 5.74) is 13.0. The Hall–Kier alpha value is -5.74. The molecule has 3 heterocycles. The first-order chi connectivity index (χ1) is 22.0. The van der Waals surface area contributed by atoms with Gasteiger partial charge in [0, 0.05) is 35.1 Å². The highest BCUT2D eigenvalue weighted by Gasteiger charge is 2.14. The lowest BCUT2D eigenvalue weighted by molar-refractivity contribution is 1.22. The van der Waals surface area contributed by atoms with Crippen molar-refractivity contribution in [2.45, 2.75) is 20.8 Å². The predicted octanol–water partition coefficient (Wildman–Crippen LogP) is 10.4. The van der Waals surface area contributed by atoms with Crippen LogP contribution in [0.2, 0.25) is 0 Å². The monoisotopic (exact) mass is 580 g/mol. The van der Waals surface area contributed by atoms with Gasteiger partial charge >= 0.3 is 0 Å². The Bertz CT molecular complexity index is 2160. The van der Waals surface area contributed by atoms with Crippen LogP contribution >= 0.6 is 0 Å². The number of hydrogen-bond acceptors (Lipinski definition) is 4. The zero-order chi connectivity index (χ0) is 30.8. The summed E-state index contributed by atoms with van der Waals surface area (Å²) in [6.45, 7) is 6.25. The van der Waals surface area contributed by atoms with Crippen LogP contribution in [0.3, 0.4) is 0 Å². The summed E-state index contributed by atoms with van der Waals surface area (Å²) in [6, 6.07) is 40.6. The maximum atomic E-state index is 4.92. The number of allylic oxidation sites excluding steroid dienone is 1. The molecule has 0 fully saturated rings. The van der Waals surface area contributed by atoms with Crippen molar-refractivity contribution >= 4 is 38.9 Å². The van der Waals surface area contributed by atoms with Crippen molar-refractivity contribution in [2.24, 2.45) is 4.99 Å². The highest BCUT2D eigenvalue weighted by atomic mass is 14.9. The first kappa shape index (κ1) is 28.1. The van der Waals surface area contributed by atoms with E-state index in [0.29, 0.717) is 0 Å². The average Bonchev–Trinajstić information content (AvgIpc) is 3.08. The third-order valence-electron chi connectivity index (χ3n) is 8.17. The quantitative estimate of drug-likeness (QED) is 0.184. The minimum Gasteiger partial charge on any atom is -0.256 e. The van der Waals surface area contributed by atoms with E-state index in [9.17, 15) is 0 Å². The number of fused-ring (bicyclic) bond motifs is 2. The normalized spacial score (nSPS) is 12.2. The van der Waals surface area contributed by atoms with E-state index in [-0.39, 0.29) is 0 Å². The molecule has 0 atom stereocenters. The van der Waals surface area contributed by atoms with Gasteiger partial charge in [0.15, 0.2) is 5.82 Å². The number of aliphatic imine (C=N–C) groups is 1. The molecule has 4 aromatic carbocycles. The van der Waals surface area contributed by atoms with Crippen LogP contribution in [0.5, 0.6) is 0 Å². The molecule has 7 rings (SSSR count). The second kappa shape index (κ2) is 12.1. The van der Waals surface area contributed by atoms with Gasteiger partial charge in [0.05, 0.1) is 11.0 Å². The summed E-state index contributed by atoms with van der Waals surface area (Å²) in [4.78, 5) is 18.5. The van der Waals surface area contributed by atoms with Gasteiger partial charge < -0.3 is 0 Å². The van der Waals surface area contributed by atoms with Gasteiger partial charge in [-0.05, 0) is 138 Å². The van der Waals surface area contributed by atoms with Crippen molar-refractivity contribution < 1.29 is 0 Å². The molecule has 3 aromatic heterocycles. The smallest absolute Gasteiger partial charge is 0.154 e. The molecule has 0 amide bonds. The molecule has 0 saturated heterocycles. The van der Waals surface area contributed by atoms with Gasteiger partial charge in [-0.15, -0.1) is 0 Å². The molecule has 4 nitrogen and oxygen atoms in total. The van der Waals surface area contributed by atoms with Gasteiger partial charge in [0.1, 0.15) is 0 Å². The Balaban J connectivity index is 1.47. The fourth-order valence-corrected chi connectivity index (χ4v) is 5.82. The van der Waals surface area contributed by atoms with E-state index < -0.39 is 0 Å². The zero-order valence-electron chi connectivity index (χ0n) is 25.6. The summed E-state index contributed by atoms with van der Waals surface area (Å²) >= 11 is 0. The summed E-state index contributed by atoms with van der Waals surface area (Å²) < 4.78 is 0. The lowest BCUT2D eigenvalue weighted by atomic mass is 9.88. The van der Waals surface area contributed by atoms with Crippen LogP contribution in [0.4, 0.5) is 5.82 Å². The summed E-state index contributed by atoms with van der Waals surface area (Å²) in [6.07, 6.45) is 7.66. The number of nitrogens with zero attached hydrogens (tertiary/aromatic N) is 4. The molecule has 0 aliphatic rings. The minimum atomic E-state index is 0.736. The maximum absolute atomic E-state index is 4.92. The largest absolute Gasteiger partial charge is 0.256 e. The molecule has 0 aliphatic heterocycles. The van der Waals surface area contributed by atoms with Gasteiger partial charge in [-0.25, -0.2) is 9.98 Å². The van der Waals surface area contributed by atoms with Crippen LogP contribution < -0.4 is 0 Å². The van der Waals surface area contributed by atoms with Crippen molar-refractivity contribution in [3.05, 3.63) is 162 Å². The summed E-state index contributed by atoms with van der Waals surface area (Å²) in [5, 5.41) is 2.23. The van der Waals surface area contributed by atoms with E-state index >= 15 is 0 Å². The number of aryl methyl sites for hydroxylation is 2. The number of rotatable bonds is 6. The van der Waals surface area contributed by atoms with Crippen molar-refractivity contribution in [3.63, 3.8) is 0 Å². The SMILES string of the molecule is CC(/C=C(/c1cc(-c2ccc3ncccc3c2)cc(-c2ccc3ncccc3c2)c1)c1ccccc1C)=N\c1ncccc1C. The van der Waals surface area contributed by atoms with E-state index in [1.807, 2.05) is 50.5 Å². The van der Waals surface area contributed by atoms with Crippen LogP contribution in [0, 0.1) is 13.8 Å². The zero-order valence-corrected chi connectivity index (χ0v) is 25.6. The lowest BCUT2D eigenvalue weighted by Gasteiger charge is -2.16. The topological polar surface area (TPSA) is 51.0 Å². The van der Waals surface area contributed by atoms with Crippen molar-refractivity contribution in [1.82, 2.24) is 15.0 Å². The molecule has 0 N–H and O–H groups in total. The molecule has 0 radical (unpaired) electrons. The van der Waals surface area contributed by atoms with Crippen molar-refractivity contribution in [3.8, 4) is 22.3 Å². The van der Waals surface area contributed by atoms with E-state index in [1.165, 1.54) is 11.1 Å². The molecular formula is C41H32N4. The highest BCUT2D eigenvalue weighted by molar-refractivity contribution is 6.04. The summed E-state index contributed by atoms with van der Waals surface area (Å²) in [5.74, 6) is 0.736. The van der Waals surface area contributed by atoms with Crippen LogP contribution in [0.15, 0.2) is 145 Å². The van der Waals surface area contributed by atoms with Gasteiger partial charge in [-0.3, -0.25) is 9.97 Å². The minimum absolute atomic E-state index is 0.736. The summed E-state index contributed by atoms with van der Waals surface area (Å²) in [7, 11) is 0. The molecular weight excluding hydrogens is 548 g/mol. The molecule has 0 spiro atoms. The van der Waals surface area contributed by atoms with E-state index in [4.69, 9.17) is 4.99 Å². The number of pyridine rings is 3. The van der Waals surface area contributed by atoms with E-state index in [1.54, 1.807) is 6.20 Å². The van der Waals surface area contributed by atoms with Gasteiger partial charge in [-0.2, -0.15) is 0 Å². The predicted molar refractivity (Wildman–Crippen MR) is 188 cm³/mol. The highest BCUT2D eigenvalue weighted by Crippen LogP contribution is 2.36. The van der Waals surface area contributed by atoms with E-state index in [0.717, 1.165) is 72.3 Å². The van der Waals surface area contributed by atoms with Gasteiger partial charge in [0.25, 0.3) is 0 Å². The van der Waals surface area contributed by atoms with Crippen molar-refractivity contribution in [1.29, 1.82) is 0 Å². The number of hydrogen-bond donors (Lipinski definition) is 0. The van der Waals surface area contributed by atoms with E-state index in [2.05, 4.69) is 119 Å². The van der Waals surface area contributed by atoms with Crippen molar-refractivity contribution in [2.75, 3.05) is 0 Å². The molecule has 0 saturated carbocycles. The Labute approximate surface area is 263 Å². The Kier molecular flexibility index (Phi) is 7.54. The Morgan fingerprint density at radius 3 is 1.76 bits per heavy atom. The first-order valence-electron chi connectivity index (χ1n) is 15.1. The molecule has 0 aliphatic carbocycles. The van der Waals surface area contributed by atoms with Crippen LogP contribution in [-0.2, 0) is 0 Å². The molecule has 7 aromatic rings. The Morgan fingerprint density at radius 2 is 1.13 bits per heavy atom. The maximum Gasteiger partial charge on any atom is 0.154 e. The lowest BCUT2D eigenvalue weighted by Crippen LogP contribution is -1.97. The molecule has 4 heteroatoms. The average molecular weight is 581 g/mol. The Morgan fingerprint density at radius 1 is 0.556 bits per heavy atom. The number of aromatic nitrogens is 3. The fraction of sp³-hybridized carbons (Fsp3) is 0.0732. The fourth-order valence-electron chi connectivity index (χ4n) is 5.82. The second-order valence-corrected chi connectivity index (χ2v) is 11.4. The van der Waals surface area contributed by atoms with Gasteiger partial charge in [-0.1, -0.05) is 54.6 Å². The molecule has 216 valence electrons. The first-order valence-corrected chi connectivity index (χ1v) is 15.1. The van der Waals surface area contributed by atoms with Crippen LogP contribution in [0.25, 0.3) is 49.6 Å². The third kappa shape index (κ3) is 5.91. The van der Waals surface area contributed by atoms with Crippen LogP contribution in [0.1, 0.15) is 29.2 Å². The van der Waals surface area contributed by atoms with Crippen LogP contribution in [-0.4, -0.2) is 20.7 Å². The van der Waals surface area contributed by atoms with Gasteiger partial charge in [0.2, 0.25) is 0 Å². The molecule has 45 heavy (non-hydrogen) atoms. The number of benzene rings is 4. The molecule has 0 unspecified atom stereocenters.